The summed E-state index contributed by atoms with van der Waals surface area (Å²) in [6, 6.07) is 10.2. The van der Waals surface area contributed by atoms with E-state index in [2.05, 4.69) is 36.7 Å². The molecule has 1 N–H and O–H groups in total. The number of hydrogen-bond acceptors (Lipinski definition) is 3. The zero-order valence-corrected chi connectivity index (χ0v) is 11.4. The molecule has 0 saturated heterocycles. The van der Waals surface area contributed by atoms with Gasteiger partial charge < -0.3 is 10.2 Å². The summed E-state index contributed by atoms with van der Waals surface area (Å²) in [6.45, 7) is 9.96. The van der Waals surface area contributed by atoms with E-state index in [0.717, 1.165) is 24.4 Å². The van der Waals surface area contributed by atoms with Crippen LogP contribution in [0.15, 0.2) is 36.4 Å². The van der Waals surface area contributed by atoms with Gasteiger partial charge in [0.15, 0.2) is 0 Å². The lowest BCUT2D eigenvalue weighted by Crippen LogP contribution is -2.29. The molecule has 0 atom stereocenters. The third-order valence-electron chi connectivity index (χ3n) is 2.66. The first kappa shape index (κ1) is 14.3. The molecule has 0 aliphatic carbocycles. The molecule has 0 aliphatic rings. The Hall–Kier alpha value is -1.79. The standard InChI is InChI=1S/C15H21N3/c1-12(2)17-10-13(3)11-18(4)15-7-5-14(9-16)6-8-15/h5-8,12,17H,3,10-11H2,1-2,4H3. The molecule has 1 rings (SSSR count). The summed E-state index contributed by atoms with van der Waals surface area (Å²) in [5.74, 6) is 0. The molecule has 3 heteroatoms. The molecule has 96 valence electrons. The minimum absolute atomic E-state index is 0.474. The lowest BCUT2D eigenvalue weighted by atomic mass is 10.2. The highest BCUT2D eigenvalue weighted by Crippen LogP contribution is 2.14. The highest BCUT2D eigenvalue weighted by molar-refractivity contribution is 5.49. The molecular formula is C15H21N3. The van der Waals surface area contributed by atoms with Gasteiger partial charge in [0.1, 0.15) is 0 Å². The van der Waals surface area contributed by atoms with E-state index in [-0.39, 0.29) is 0 Å². The third-order valence-corrected chi connectivity index (χ3v) is 2.66. The van der Waals surface area contributed by atoms with E-state index in [4.69, 9.17) is 5.26 Å². The number of likely N-dealkylation sites (N-methyl/N-ethyl adjacent to an activating group) is 1. The van der Waals surface area contributed by atoms with Crippen molar-refractivity contribution >= 4 is 5.69 Å². The lowest BCUT2D eigenvalue weighted by Gasteiger charge is -2.21. The first-order chi connectivity index (χ1) is 8.52. The zero-order chi connectivity index (χ0) is 13.5. The van der Waals surface area contributed by atoms with Gasteiger partial charge in [-0.25, -0.2) is 0 Å². The quantitative estimate of drug-likeness (QED) is 0.780. The number of rotatable bonds is 6. The normalized spacial score (nSPS) is 10.2. The maximum absolute atomic E-state index is 8.75. The van der Waals surface area contributed by atoms with Crippen LogP contribution >= 0.6 is 0 Å². The zero-order valence-electron chi connectivity index (χ0n) is 11.4. The summed E-state index contributed by atoms with van der Waals surface area (Å²) in [4.78, 5) is 2.13. The molecule has 0 fully saturated rings. The van der Waals surface area contributed by atoms with E-state index >= 15 is 0 Å². The number of hydrogen-bond donors (Lipinski definition) is 1. The van der Waals surface area contributed by atoms with E-state index in [1.807, 2.05) is 31.3 Å². The van der Waals surface area contributed by atoms with Gasteiger partial charge in [0.2, 0.25) is 0 Å². The van der Waals surface area contributed by atoms with Gasteiger partial charge in [-0.2, -0.15) is 5.26 Å². The molecule has 1 aromatic carbocycles. The van der Waals surface area contributed by atoms with Crippen molar-refractivity contribution in [3.63, 3.8) is 0 Å². The molecule has 0 heterocycles. The first-order valence-electron chi connectivity index (χ1n) is 6.14. The molecule has 0 amide bonds. The molecule has 18 heavy (non-hydrogen) atoms. The molecule has 3 nitrogen and oxygen atoms in total. The summed E-state index contributed by atoms with van der Waals surface area (Å²) in [5.41, 5.74) is 2.93. The Morgan fingerprint density at radius 2 is 2.00 bits per heavy atom. The van der Waals surface area contributed by atoms with Crippen LogP contribution in [0, 0.1) is 11.3 Å². The van der Waals surface area contributed by atoms with Gasteiger partial charge in [-0.15, -0.1) is 0 Å². The van der Waals surface area contributed by atoms with E-state index in [0.29, 0.717) is 11.6 Å². The van der Waals surface area contributed by atoms with Gasteiger partial charge in [-0.1, -0.05) is 20.4 Å². The topological polar surface area (TPSA) is 39.1 Å². The van der Waals surface area contributed by atoms with Gasteiger partial charge in [0.05, 0.1) is 11.6 Å². The highest BCUT2D eigenvalue weighted by Gasteiger charge is 2.03. The van der Waals surface area contributed by atoms with Crippen LogP contribution in [0.3, 0.4) is 0 Å². The van der Waals surface area contributed by atoms with E-state index in [9.17, 15) is 0 Å². The van der Waals surface area contributed by atoms with Crippen molar-refractivity contribution in [1.29, 1.82) is 5.26 Å². The second-order valence-corrected chi connectivity index (χ2v) is 4.80. The summed E-state index contributed by atoms with van der Waals surface area (Å²) in [6.07, 6.45) is 0. The third kappa shape index (κ3) is 4.60. The fraction of sp³-hybridized carbons (Fsp3) is 0.400. The van der Waals surface area contributed by atoms with Crippen LogP contribution in [-0.2, 0) is 0 Å². The lowest BCUT2D eigenvalue weighted by molar-refractivity contribution is 0.617. The summed E-state index contributed by atoms with van der Waals surface area (Å²) >= 11 is 0. The maximum atomic E-state index is 8.75. The largest absolute Gasteiger partial charge is 0.371 e. The smallest absolute Gasteiger partial charge is 0.0991 e. The Labute approximate surface area is 110 Å². The average Bonchev–Trinajstić information content (AvgIpc) is 2.36. The Morgan fingerprint density at radius 1 is 1.39 bits per heavy atom. The van der Waals surface area contributed by atoms with Crippen LogP contribution in [0.2, 0.25) is 0 Å². The maximum Gasteiger partial charge on any atom is 0.0991 e. The molecule has 0 saturated carbocycles. The minimum atomic E-state index is 0.474. The molecule has 0 unspecified atom stereocenters. The number of nitriles is 1. The average molecular weight is 243 g/mol. The molecule has 0 aromatic heterocycles. The Morgan fingerprint density at radius 3 is 2.50 bits per heavy atom. The van der Waals surface area contributed by atoms with Crippen molar-refractivity contribution in [2.24, 2.45) is 0 Å². The van der Waals surface area contributed by atoms with Crippen LogP contribution in [-0.4, -0.2) is 26.2 Å². The number of nitrogens with zero attached hydrogens (tertiary/aromatic N) is 2. The Bertz CT molecular complexity index is 426. The predicted molar refractivity (Wildman–Crippen MR) is 76.7 cm³/mol. The minimum Gasteiger partial charge on any atom is -0.371 e. The number of nitrogens with one attached hydrogen (secondary N) is 1. The van der Waals surface area contributed by atoms with Crippen LogP contribution in [0.1, 0.15) is 19.4 Å². The molecular weight excluding hydrogens is 222 g/mol. The van der Waals surface area contributed by atoms with E-state index in [1.165, 1.54) is 0 Å². The van der Waals surface area contributed by atoms with E-state index in [1.54, 1.807) is 0 Å². The predicted octanol–water partition coefficient (Wildman–Crippen LogP) is 2.55. The molecule has 0 bridgehead atoms. The molecule has 0 spiro atoms. The molecule has 1 aromatic rings. The second-order valence-electron chi connectivity index (χ2n) is 4.80. The second kappa shape index (κ2) is 6.83. The first-order valence-corrected chi connectivity index (χ1v) is 6.14. The number of anilines is 1. The van der Waals surface area contributed by atoms with Gasteiger partial charge in [0.25, 0.3) is 0 Å². The van der Waals surface area contributed by atoms with Crippen molar-refractivity contribution in [2.75, 3.05) is 25.0 Å². The highest BCUT2D eigenvalue weighted by atomic mass is 15.1. The van der Waals surface area contributed by atoms with Crippen LogP contribution in [0.5, 0.6) is 0 Å². The summed E-state index contributed by atoms with van der Waals surface area (Å²) in [7, 11) is 2.03. The van der Waals surface area contributed by atoms with Crippen LogP contribution in [0.25, 0.3) is 0 Å². The molecule has 0 aliphatic heterocycles. The van der Waals surface area contributed by atoms with Crippen molar-refractivity contribution in [2.45, 2.75) is 19.9 Å². The van der Waals surface area contributed by atoms with Crippen LogP contribution in [0.4, 0.5) is 5.69 Å². The Balaban J connectivity index is 2.51. The van der Waals surface area contributed by atoms with Crippen molar-refractivity contribution < 1.29 is 0 Å². The van der Waals surface area contributed by atoms with Crippen molar-refractivity contribution in [3.8, 4) is 6.07 Å². The van der Waals surface area contributed by atoms with Crippen LogP contribution < -0.4 is 10.2 Å². The fourth-order valence-corrected chi connectivity index (χ4v) is 1.62. The fourth-order valence-electron chi connectivity index (χ4n) is 1.62. The summed E-state index contributed by atoms with van der Waals surface area (Å²) < 4.78 is 0. The number of benzene rings is 1. The van der Waals surface area contributed by atoms with E-state index < -0.39 is 0 Å². The van der Waals surface area contributed by atoms with Gasteiger partial charge in [-0.3, -0.25) is 0 Å². The summed E-state index contributed by atoms with van der Waals surface area (Å²) in [5, 5.41) is 12.1. The molecule has 0 radical (unpaired) electrons. The van der Waals surface area contributed by atoms with Gasteiger partial charge >= 0.3 is 0 Å². The van der Waals surface area contributed by atoms with Gasteiger partial charge in [0, 0.05) is 31.9 Å². The van der Waals surface area contributed by atoms with Crippen molar-refractivity contribution in [1.82, 2.24) is 5.32 Å². The Kier molecular flexibility index (Phi) is 5.41. The van der Waals surface area contributed by atoms with Crippen molar-refractivity contribution in [3.05, 3.63) is 42.0 Å². The monoisotopic (exact) mass is 243 g/mol. The SMILES string of the molecule is C=C(CNC(C)C)CN(C)c1ccc(C#N)cc1. The van der Waals surface area contributed by atoms with Gasteiger partial charge in [-0.05, 0) is 29.8 Å².